The van der Waals surface area contributed by atoms with Gasteiger partial charge in [-0.2, -0.15) is 0 Å². The van der Waals surface area contributed by atoms with Gasteiger partial charge in [0.15, 0.2) is 0 Å². The fourth-order valence-electron chi connectivity index (χ4n) is 5.56. The molecule has 1 saturated heterocycles. The zero-order valence-electron chi connectivity index (χ0n) is 23.9. The highest BCUT2D eigenvalue weighted by atomic mass is 16.5. The van der Waals surface area contributed by atoms with Crippen LogP contribution in [0.15, 0.2) is 48.5 Å². The van der Waals surface area contributed by atoms with E-state index in [0.29, 0.717) is 56.8 Å². The van der Waals surface area contributed by atoms with Crippen molar-refractivity contribution < 1.29 is 23.9 Å². The lowest BCUT2D eigenvalue weighted by Crippen LogP contribution is -2.52. The summed E-state index contributed by atoms with van der Waals surface area (Å²) in [6.45, 7) is 4.39. The van der Waals surface area contributed by atoms with Gasteiger partial charge >= 0.3 is 0 Å². The molecule has 2 aliphatic heterocycles. The van der Waals surface area contributed by atoms with E-state index in [0.717, 1.165) is 30.7 Å². The first-order valence-corrected chi connectivity index (χ1v) is 14.3. The number of rotatable bonds is 5. The lowest BCUT2D eigenvalue weighted by Gasteiger charge is -2.41. The van der Waals surface area contributed by atoms with Crippen LogP contribution in [0.1, 0.15) is 55.8 Å². The Hall–Kier alpha value is -3.75. The first kappa shape index (κ1) is 29.2. The Morgan fingerprint density at radius 1 is 1.07 bits per heavy atom. The zero-order chi connectivity index (χ0) is 28.5. The minimum atomic E-state index is -0.536. The molecule has 1 atom stereocenters. The summed E-state index contributed by atoms with van der Waals surface area (Å²) in [5.41, 5.74) is 0.913. The van der Waals surface area contributed by atoms with Gasteiger partial charge in [0, 0.05) is 39.6 Å². The molecule has 2 N–H and O–H groups in total. The molecular formula is C31H42N4O5. The second-order valence-corrected chi connectivity index (χ2v) is 10.9. The molecule has 2 heterocycles. The standard InChI is InChI=1S/C31H42N4O5/c1-23-22-40-26-12-6-4-10-24(26)29(37)32-18-9-8-15-31(30(38)33-23)16-20-35(21-17-31)28(36)14-19-34(2)25-11-5-7-13-27(25)39-3/h4-7,10-13,23H,8-9,14-22H2,1-3H3,(H,32,37)(H,33,38)/t23-/m1/s1. The zero-order valence-corrected chi connectivity index (χ0v) is 23.9. The first-order chi connectivity index (χ1) is 19.3. The SMILES string of the molecule is COc1ccccc1N(C)CCC(=O)N1CCC2(CCCCNC(=O)c3ccccc3OC[C@@H](C)NC2=O)CC1. The third-order valence-corrected chi connectivity index (χ3v) is 8.08. The number of para-hydroxylation sites is 3. The maximum atomic E-state index is 13.6. The van der Waals surface area contributed by atoms with Crippen LogP contribution in [0, 0.1) is 5.41 Å². The number of nitrogens with one attached hydrogen (secondary N) is 2. The Labute approximate surface area is 237 Å². The van der Waals surface area contributed by atoms with E-state index in [-0.39, 0.29) is 30.4 Å². The third-order valence-electron chi connectivity index (χ3n) is 8.08. The molecule has 0 bridgehead atoms. The van der Waals surface area contributed by atoms with Crippen molar-refractivity contribution in [2.24, 2.45) is 5.41 Å². The van der Waals surface area contributed by atoms with Gasteiger partial charge in [0.2, 0.25) is 11.8 Å². The van der Waals surface area contributed by atoms with Gasteiger partial charge in [-0.3, -0.25) is 14.4 Å². The minimum absolute atomic E-state index is 0.0287. The number of carbonyl (C=O) groups is 3. The Morgan fingerprint density at radius 2 is 1.80 bits per heavy atom. The number of hydrogen-bond donors (Lipinski definition) is 2. The average Bonchev–Trinajstić information content (AvgIpc) is 2.98. The molecule has 0 unspecified atom stereocenters. The molecule has 216 valence electrons. The number of piperidine rings is 1. The highest BCUT2D eigenvalue weighted by Gasteiger charge is 2.42. The Bertz CT molecular complexity index is 1180. The summed E-state index contributed by atoms with van der Waals surface area (Å²) in [5.74, 6) is 1.26. The van der Waals surface area contributed by atoms with E-state index in [1.54, 1.807) is 19.2 Å². The number of hydrogen-bond acceptors (Lipinski definition) is 6. The van der Waals surface area contributed by atoms with Crippen molar-refractivity contribution in [3.05, 3.63) is 54.1 Å². The molecule has 40 heavy (non-hydrogen) atoms. The van der Waals surface area contributed by atoms with Crippen molar-refractivity contribution in [3.63, 3.8) is 0 Å². The van der Waals surface area contributed by atoms with Crippen molar-refractivity contribution in [2.45, 2.75) is 51.5 Å². The molecule has 2 aliphatic rings. The van der Waals surface area contributed by atoms with Crippen LogP contribution in [-0.2, 0) is 9.59 Å². The highest BCUT2D eigenvalue weighted by molar-refractivity contribution is 5.96. The molecule has 3 amide bonds. The maximum absolute atomic E-state index is 13.6. The number of fused-ring (bicyclic) bond motifs is 1. The van der Waals surface area contributed by atoms with E-state index in [1.165, 1.54) is 0 Å². The van der Waals surface area contributed by atoms with Crippen LogP contribution in [0.5, 0.6) is 11.5 Å². The van der Waals surface area contributed by atoms with Crippen molar-refractivity contribution in [2.75, 3.05) is 51.8 Å². The molecule has 1 spiro atoms. The molecule has 1 fully saturated rings. The van der Waals surface area contributed by atoms with Crippen molar-refractivity contribution >= 4 is 23.4 Å². The molecule has 2 aromatic carbocycles. The van der Waals surface area contributed by atoms with Crippen molar-refractivity contribution in [1.82, 2.24) is 15.5 Å². The highest BCUT2D eigenvalue weighted by Crippen LogP contribution is 2.37. The van der Waals surface area contributed by atoms with E-state index >= 15 is 0 Å². The van der Waals surface area contributed by atoms with E-state index in [4.69, 9.17) is 9.47 Å². The molecular weight excluding hydrogens is 508 g/mol. The molecule has 0 radical (unpaired) electrons. The maximum Gasteiger partial charge on any atom is 0.255 e. The van der Waals surface area contributed by atoms with Gasteiger partial charge in [-0.1, -0.05) is 30.7 Å². The van der Waals surface area contributed by atoms with E-state index < -0.39 is 5.41 Å². The minimum Gasteiger partial charge on any atom is -0.495 e. The van der Waals surface area contributed by atoms with Gasteiger partial charge in [0.05, 0.1) is 29.8 Å². The normalized spacial score (nSPS) is 19.9. The number of benzene rings is 2. The summed E-state index contributed by atoms with van der Waals surface area (Å²) < 4.78 is 11.4. The molecule has 4 rings (SSSR count). The number of amides is 3. The topological polar surface area (TPSA) is 100 Å². The summed E-state index contributed by atoms with van der Waals surface area (Å²) >= 11 is 0. The fraction of sp³-hybridized carbons (Fsp3) is 0.516. The third kappa shape index (κ3) is 7.06. The van der Waals surface area contributed by atoms with Gasteiger partial charge in [-0.15, -0.1) is 0 Å². The van der Waals surface area contributed by atoms with Crippen molar-refractivity contribution in [1.29, 1.82) is 0 Å². The summed E-state index contributed by atoms with van der Waals surface area (Å²) in [4.78, 5) is 43.4. The van der Waals surface area contributed by atoms with Crippen LogP contribution in [0.3, 0.4) is 0 Å². The number of likely N-dealkylation sites (tertiary alicyclic amines) is 1. The van der Waals surface area contributed by atoms with Crippen molar-refractivity contribution in [3.8, 4) is 11.5 Å². The molecule has 9 nitrogen and oxygen atoms in total. The van der Waals surface area contributed by atoms with Crippen LogP contribution >= 0.6 is 0 Å². The summed E-state index contributed by atoms with van der Waals surface area (Å²) in [5, 5.41) is 6.15. The second kappa shape index (κ2) is 13.5. The predicted molar refractivity (Wildman–Crippen MR) is 155 cm³/mol. The van der Waals surface area contributed by atoms with Gasteiger partial charge in [-0.25, -0.2) is 0 Å². The summed E-state index contributed by atoms with van der Waals surface area (Å²) in [6.07, 6.45) is 3.95. The molecule has 0 aliphatic carbocycles. The Morgan fingerprint density at radius 3 is 2.58 bits per heavy atom. The van der Waals surface area contributed by atoms with Gasteiger partial charge in [-0.05, 0) is 56.9 Å². The lowest BCUT2D eigenvalue weighted by molar-refractivity contribution is -0.141. The molecule has 9 heteroatoms. The fourth-order valence-corrected chi connectivity index (χ4v) is 5.56. The van der Waals surface area contributed by atoms with Crippen LogP contribution in [0.25, 0.3) is 0 Å². The largest absolute Gasteiger partial charge is 0.495 e. The Kier molecular flexibility index (Phi) is 9.90. The summed E-state index contributed by atoms with van der Waals surface area (Å²) in [6, 6.07) is 14.7. The smallest absolute Gasteiger partial charge is 0.255 e. The van der Waals surface area contributed by atoms with E-state index in [2.05, 4.69) is 10.6 Å². The van der Waals surface area contributed by atoms with Gasteiger partial charge in [0.25, 0.3) is 5.91 Å². The number of carbonyl (C=O) groups excluding carboxylic acids is 3. The average molecular weight is 551 g/mol. The monoisotopic (exact) mass is 550 g/mol. The van der Waals surface area contributed by atoms with Crippen LogP contribution in [0.4, 0.5) is 5.69 Å². The summed E-state index contributed by atoms with van der Waals surface area (Å²) in [7, 11) is 3.60. The van der Waals surface area contributed by atoms with E-state index in [1.807, 2.05) is 60.2 Å². The van der Waals surface area contributed by atoms with Crippen LogP contribution in [-0.4, -0.2) is 75.6 Å². The second-order valence-electron chi connectivity index (χ2n) is 10.9. The molecule has 0 saturated carbocycles. The number of nitrogens with zero attached hydrogens (tertiary/aromatic N) is 2. The lowest BCUT2D eigenvalue weighted by atomic mass is 9.73. The van der Waals surface area contributed by atoms with E-state index in [9.17, 15) is 14.4 Å². The molecule has 2 aromatic rings. The number of methoxy groups -OCH3 is 1. The first-order valence-electron chi connectivity index (χ1n) is 14.3. The number of anilines is 1. The molecule has 0 aromatic heterocycles. The van der Waals surface area contributed by atoms with Crippen LogP contribution in [0.2, 0.25) is 0 Å². The Balaban J connectivity index is 1.35. The predicted octanol–water partition coefficient (Wildman–Crippen LogP) is 3.63. The number of ether oxygens (including phenoxy) is 2. The van der Waals surface area contributed by atoms with Crippen LogP contribution < -0.4 is 25.0 Å². The quantitative estimate of drug-likeness (QED) is 0.590. The van der Waals surface area contributed by atoms with Gasteiger partial charge < -0.3 is 29.9 Å². The van der Waals surface area contributed by atoms with Gasteiger partial charge in [0.1, 0.15) is 18.1 Å².